The molecule has 2 unspecified atom stereocenters. The molecular formula is C83H154Cl3N7O46P6. The zero-order chi connectivity index (χ0) is 112. The highest BCUT2D eigenvalue weighted by atomic mass is 35.5. The third-order valence-electron chi connectivity index (χ3n) is 16.6. The number of unbranched alkanes of at least 4 members (excludes halogenated alkanes) is 5. The normalized spacial score (nSPS) is 13.6. The van der Waals surface area contributed by atoms with Gasteiger partial charge in [-0.1, -0.05) is 108 Å². The number of ketones is 1. The summed E-state index contributed by atoms with van der Waals surface area (Å²) < 4.78 is 105. The number of hydroxylamine groups is 6. The van der Waals surface area contributed by atoms with Crippen molar-refractivity contribution in [3.05, 3.63) is 75.9 Å². The lowest BCUT2D eigenvalue weighted by Crippen LogP contribution is -2.31. The van der Waals surface area contributed by atoms with Gasteiger partial charge in [-0.3, -0.25) is 109 Å². The SMILES string of the molecule is C.C.C.C=CC(=O)CCCCC(O)(P(=O)(O)O)P(=O)(O)O.C=CC(=O)Cl.C=CCCCC(=O)NCCOP(=O)(O)OC[C@@H](COC(=O)CC)OC(=O)CC.C=CCCCC(=O)O.C=CCCCC(=O)ON1C(=O)CCC1=O.C=CCCCC(=O)ON1C(=O)CCC1=O.CCC(=O)OC[C@H](COP(=O)(O)OCCN)OC(=O)CC.CCN(CC)CC.ClCCl.NCCCC(O)(P(=O)(O)O)P(=O)(O)O.O=C1CCC(=O)N1O. The molecule has 145 heavy (non-hydrogen) atoms. The summed E-state index contributed by atoms with van der Waals surface area (Å²) in [5, 5.41) is 32.0. The van der Waals surface area contributed by atoms with E-state index in [1.807, 2.05) is 0 Å². The average molecular weight is 2280 g/mol. The van der Waals surface area contributed by atoms with Crippen molar-refractivity contribution in [2.24, 2.45) is 11.5 Å². The number of imide groups is 3. The minimum atomic E-state index is -5.39. The van der Waals surface area contributed by atoms with Crippen LogP contribution in [0.4, 0.5) is 0 Å². The number of carboxylic acids is 1. The smallest absolute Gasteiger partial charge is 0.472 e. The predicted octanol–water partition coefficient (Wildman–Crippen LogP) is 9.72. The van der Waals surface area contributed by atoms with E-state index in [0.29, 0.717) is 55.1 Å². The molecule has 3 aliphatic rings. The molecule has 62 heteroatoms. The molecule has 19 N–H and O–H groups in total. The first-order valence-electron chi connectivity index (χ1n) is 43.3. The molecule has 0 aromatic carbocycles. The van der Waals surface area contributed by atoms with Gasteiger partial charge in [0.15, 0.2) is 18.0 Å². The molecular weight excluding hydrogens is 2120 g/mol. The molecule has 7 amide bonds. The number of hydrogen-bond donors (Lipinski definition) is 17. The van der Waals surface area contributed by atoms with Gasteiger partial charge in [-0.25, -0.2) is 18.7 Å². The van der Waals surface area contributed by atoms with Gasteiger partial charge in [0.1, 0.15) is 13.2 Å². The second kappa shape index (κ2) is 92.5. The predicted molar refractivity (Wildman–Crippen MR) is 531 cm³/mol. The number of ether oxygens (including phenoxy) is 4. The number of halogens is 3. The summed E-state index contributed by atoms with van der Waals surface area (Å²) in [6.45, 7) is 35.0. The summed E-state index contributed by atoms with van der Waals surface area (Å²) in [4.78, 5) is 274. The first kappa shape index (κ1) is 160. The summed E-state index contributed by atoms with van der Waals surface area (Å²) in [6, 6.07) is 0. The maximum Gasteiger partial charge on any atom is 0.472 e. The van der Waals surface area contributed by atoms with Crippen LogP contribution in [0.2, 0.25) is 0 Å². The van der Waals surface area contributed by atoms with Gasteiger partial charge in [0.2, 0.25) is 11.1 Å². The standard InChI is InChI=1S/C17H30NO9P.C11H22NO8P.2C10H13NO4.C8H16O8P2.C6H15N.C6H10O2.C4H13NO7P2.C4H5NO3.C3H3ClO.CH2Cl2.3CH4/c1-4-7-8-9-15(19)18-10-11-25-28(22,23)26-13-14(27-17(21)6-3)12-24-16(20)5-2;1-3-10(13)17-7-9(20-11(14)4-2)8-19-21(15,16)18-6-5-12;2*1-2-3-4-5-10(14)15-11-8(12)6-7-9(11)13;1-2-7(9)5-3-4-6-8(10,17(11,12)13)18(14,15)16;1-4-7(5-2)6-3;1-2-3-4-5-6(7)8;5-3-1-2-4(6,13(7,8)9)14(10,11)12;6-3-1-2-4(7)5(3)8;1-2-3(4)5;2-1-3;;;/h4,14H,1,5-13H2,2-3H3,(H,18,19)(H,22,23);9H,3-8,12H2,1-2H3,(H,15,16);2*2H,1,3-7H2;2,10H,1,3-6H2,(H2,11,12,13)(H2,14,15,16);4-6H2,1-3H3;2H,1,3-5H2,(H,7,8);6H,1-3,5H2,(H2,7,8,9)(H2,10,11,12);8H,1-2H2;2H,1H2;1H2;3*1H4/t14-;9-;;;;;;;;;;;;/m11............/s1. The van der Waals surface area contributed by atoms with Gasteiger partial charge in [-0.15, -0.1) is 59.6 Å². The van der Waals surface area contributed by atoms with E-state index >= 15 is 0 Å². The van der Waals surface area contributed by atoms with Crippen LogP contribution in [0.1, 0.15) is 251 Å². The van der Waals surface area contributed by atoms with Crippen LogP contribution in [0.25, 0.3) is 0 Å². The third kappa shape index (κ3) is 85.9. The van der Waals surface area contributed by atoms with Crippen LogP contribution in [-0.4, -0.2) is 290 Å². The Morgan fingerprint density at radius 1 is 0.434 bits per heavy atom. The molecule has 0 radical (unpaired) electrons. The van der Waals surface area contributed by atoms with Crippen molar-refractivity contribution in [2.75, 3.05) is 84.2 Å². The minimum Gasteiger partial charge on any atom is -0.481 e. The molecule has 53 nitrogen and oxygen atoms in total. The van der Waals surface area contributed by atoms with E-state index in [4.69, 9.17) is 124 Å². The highest BCUT2D eigenvalue weighted by Gasteiger charge is 2.60. The van der Waals surface area contributed by atoms with Crippen molar-refractivity contribution in [1.29, 1.82) is 0 Å². The van der Waals surface area contributed by atoms with Crippen LogP contribution < -0.4 is 16.8 Å². The fraction of sp³-hybridized carbons (Fsp3) is 0.663. The van der Waals surface area contributed by atoms with Gasteiger partial charge in [0.25, 0.3) is 45.6 Å². The Morgan fingerprint density at radius 2 is 0.738 bits per heavy atom. The summed E-state index contributed by atoms with van der Waals surface area (Å²) in [5.41, 5.74) is 10.1. The number of allylic oxidation sites excluding steroid dienone is 6. The zero-order valence-electron chi connectivity index (χ0n) is 80.4. The monoisotopic (exact) mass is 2280 g/mol. The van der Waals surface area contributed by atoms with Crippen LogP contribution in [0, 0.1) is 0 Å². The number of nitrogens with two attached hydrogens (primary N) is 2. The fourth-order valence-corrected chi connectivity index (χ4v) is 14.9. The number of carbonyl (C=O) groups excluding carboxylic acids is 15. The molecule has 3 fully saturated rings. The Balaban J connectivity index is -0.000000157. The van der Waals surface area contributed by atoms with E-state index in [2.05, 4.69) is 89.2 Å². The largest absolute Gasteiger partial charge is 0.481 e. The molecule has 0 bridgehead atoms. The van der Waals surface area contributed by atoms with E-state index in [9.17, 15) is 124 Å². The number of rotatable bonds is 58. The van der Waals surface area contributed by atoms with Crippen molar-refractivity contribution in [1.82, 2.24) is 25.4 Å². The van der Waals surface area contributed by atoms with Gasteiger partial charge in [-0.2, -0.15) is 5.06 Å². The number of alkyl halides is 2. The minimum absolute atomic E-state index is 0. The molecule has 0 saturated carbocycles. The van der Waals surface area contributed by atoms with Crippen molar-refractivity contribution < 1.29 is 220 Å². The van der Waals surface area contributed by atoms with E-state index < -0.39 is 177 Å². The number of nitrogens with one attached hydrogen (secondary N) is 1. The summed E-state index contributed by atoms with van der Waals surface area (Å²) in [5.74, 6) is -7.26. The molecule has 0 aliphatic carbocycles. The fourth-order valence-electron chi connectivity index (χ4n) is 8.84. The van der Waals surface area contributed by atoms with Gasteiger partial charge in [-0.05, 0) is 127 Å². The molecule has 3 rings (SSSR count). The lowest BCUT2D eigenvalue weighted by Gasteiger charge is -2.29. The van der Waals surface area contributed by atoms with Crippen LogP contribution >= 0.6 is 80.8 Å². The Hall–Kier alpha value is -7.59. The van der Waals surface area contributed by atoms with Gasteiger partial charge in [0.05, 0.1) is 31.8 Å². The number of carboxylic acid groups (broad SMARTS) is 1. The average Bonchev–Trinajstić information content (AvgIpc) is 0.978. The Bertz CT molecular complexity index is 4010. The molecule has 3 saturated heterocycles. The number of hydrogen-bond acceptors (Lipinski definition) is 38. The molecule has 0 aromatic rings. The Labute approximate surface area is 860 Å². The highest BCUT2D eigenvalue weighted by Crippen LogP contribution is 2.70. The van der Waals surface area contributed by atoms with Crippen LogP contribution in [-0.2, 0) is 151 Å². The topological polar surface area (TPSA) is 828 Å². The van der Waals surface area contributed by atoms with E-state index in [1.165, 1.54) is 19.6 Å². The molecule has 3 heterocycles. The van der Waals surface area contributed by atoms with Crippen molar-refractivity contribution in [3.63, 3.8) is 0 Å². The van der Waals surface area contributed by atoms with E-state index in [-0.39, 0.29) is 200 Å². The summed E-state index contributed by atoms with van der Waals surface area (Å²) in [6.07, 6.45) is 13.0. The van der Waals surface area contributed by atoms with E-state index in [1.54, 1.807) is 52.0 Å². The lowest BCUT2D eigenvalue weighted by atomic mass is 10.1. The Morgan fingerprint density at radius 3 is 0.993 bits per heavy atom. The number of aliphatic hydroxyl groups is 2. The van der Waals surface area contributed by atoms with Crippen LogP contribution in [0.15, 0.2) is 75.9 Å². The zero-order valence-corrected chi connectivity index (χ0v) is 88.1. The third-order valence-corrected chi connectivity index (χ3v) is 26.5. The first-order chi connectivity index (χ1) is 65.9. The number of phosphoric ester groups is 2. The maximum absolute atomic E-state index is 11.9. The second-order valence-corrected chi connectivity index (χ2v) is 40.0. The number of nitrogens with zero attached hydrogens (tertiary/aromatic N) is 4. The second-order valence-electron chi connectivity index (χ2n) is 27.9. The molecule has 848 valence electrons. The number of aliphatic carboxylic acids is 1. The highest BCUT2D eigenvalue weighted by molar-refractivity contribution is 7.72. The summed E-state index contributed by atoms with van der Waals surface area (Å²) in [7, 11) is -30.1. The lowest BCUT2D eigenvalue weighted by molar-refractivity contribution is -0.197. The number of amides is 7. The van der Waals surface area contributed by atoms with Crippen molar-refractivity contribution in [3.8, 4) is 0 Å². The van der Waals surface area contributed by atoms with Crippen molar-refractivity contribution in [2.45, 2.75) is 273 Å². The van der Waals surface area contributed by atoms with Gasteiger partial charge < -0.3 is 115 Å². The number of phosphoric acid groups is 2. The number of esters is 4. The molecule has 4 atom stereocenters. The molecule has 0 spiro atoms. The van der Waals surface area contributed by atoms with Crippen molar-refractivity contribution >= 4 is 175 Å². The van der Waals surface area contributed by atoms with Gasteiger partial charge in [0, 0.05) is 116 Å². The quantitative estimate of drug-likeness (QED) is 0.00257. The first-order valence-corrected chi connectivity index (χ1v) is 54.2. The Kier molecular flexibility index (Phi) is 102. The van der Waals surface area contributed by atoms with Crippen LogP contribution in [0.3, 0.4) is 0 Å². The maximum atomic E-state index is 11.9. The molecule has 3 aliphatic heterocycles. The number of carbonyl (C=O) groups is 16. The van der Waals surface area contributed by atoms with E-state index in [0.717, 1.165) is 25.0 Å². The van der Waals surface area contributed by atoms with Gasteiger partial charge >= 0.3 is 87.8 Å². The summed E-state index contributed by atoms with van der Waals surface area (Å²) >= 11 is 14.2. The van der Waals surface area contributed by atoms with Crippen LogP contribution in [0.5, 0.6) is 0 Å². The molecule has 0 aromatic heterocycles.